The summed E-state index contributed by atoms with van der Waals surface area (Å²) < 4.78 is 1.12. The Morgan fingerprint density at radius 1 is 1.07 bits per heavy atom. The monoisotopic (exact) mass is 389 g/mol. The third kappa shape index (κ3) is 2.38. The summed E-state index contributed by atoms with van der Waals surface area (Å²) in [5.41, 5.74) is 6.92. The molecule has 7 nitrogen and oxygen atoms in total. The molecule has 4 heterocycles. The summed E-state index contributed by atoms with van der Waals surface area (Å²) in [7, 11) is 2.13. The van der Waals surface area contributed by atoms with Gasteiger partial charge in [-0.3, -0.25) is 5.10 Å². The number of aromatic amines is 1. The van der Waals surface area contributed by atoms with Gasteiger partial charge >= 0.3 is 0 Å². The standard InChI is InChI=1S/C20H19N7S/c1-27(19-14-8-21-9-15(14)19)17-5-4-16(25-26-17)13-3-2-12(11-6-23-24-7-11)18-20(13)28-10-22-18/h2-7,10,14-15,19,21H,8-9H2,1H3,(H,23,24). The van der Waals surface area contributed by atoms with Crippen molar-refractivity contribution in [2.75, 3.05) is 25.0 Å². The van der Waals surface area contributed by atoms with Crippen LogP contribution in [0.25, 0.3) is 32.6 Å². The van der Waals surface area contributed by atoms with Crippen LogP contribution in [0.15, 0.2) is 42.2 Å². The van der Waals surface area contributed by atoms with Crippen LogP contribution in [0.1, 0.15) is 0 Å². The highest BCUT2D eigenvalue weighted by Gasteiger charge is 2.55. The van der Waals surface area contributed by atoms with Crippen molar-refractivity contribution in [1.29, 1.82) is 0 Å². The van der Waals surface area contributed by atoms with E-state index in [9.17, 15) is 0 Å². The smallest absolute Gasteiger partial charge is 0.151 e. The maximum atomic E-state index is 4.59. The minimum Gasteiger partial charge on any atom is -0.355 e. The number of nitrogens with zero attached hydrogens (tertiary/aromatic N) is 5. The van der Waals surface area contributed by atoms with Crippen LogP contribution in [0.4, 0.5) is 5.82 Å². The molecule has 28 heavy (non-hydrogen) atoms. The number of piperidine rings is 1. The molecule has 0 amide bonds. The number of benzene rings is 1. The van der Waals surface area contributed by atoms with Gasteiger partial charge in [0.2, 0.25) is 0 Å². The molecule has 2 fully saturated rings. The van der Waals surface area contributed by atoms with Gasteiger partial charge in [0, 0.05) is 49.1 Å². The first-order chi connectivity index (χ1) is 13.8. The molecule has 1 aliphatic heterocycles. The third-order valence-electron chi connectivity index (χ3n) is 6.07. The summed E-state index contributed by atoms with van der Waals surface area (Å²) in [6.45, 7) is 2.25. The molecule has 1 aliphatic carbocycles. The first kappa shape index (κ1) is 16.1. The van der Waals surface area contributed by atoms with Crippen molar-refractivity contribution >= 4 is 27.4 Å². The molecule has 140 valence electrons. The molecular formula is C20H19N7S. The lowest BCUT2D eigenvalue weighted by Crippen LogP contribution is -2.30. The van der Waals surface area contributed by atoms with Crippen LogP contribution in [0.3, 0.4) is 0 Å². The second-order valence-corrected chi connectivity index (χ2v) is 8.40. The Hall–Kier alpha value is -2.84. The highest BCUT2D eigenvalue weighted by atomic mass is 32.1. The molecule has 2 N–H and O–H groups in total. The summed E-state index contributed by atoms with van der Waals surface area (Å²) in [5, 5.41) is 19.5. The van der Waals surface area contributed by atoms with Crippen molar-refractivity contribution in [2.45, 2.75) is 6.04 Å². The highest BCUT2D eigenvalue weighted by Crippen LogP contribution is 2.46. The first-order valence-electron chi connectivity index (χ1n) is 9.44. The summed E-state index contributed by atoms with van der Waals surface area (Å²) in [4.78, 5) is 6.87. The molecule has 2 unspecified atom stereocenters. The van der Waals surface area contributed by atoms with Crippen LogP contribution in [0.5, 0.6) is 0 Å². The number of hydrogen-bond acceptors (Lipinski definition) is 7. The SMILES string of the molecule is CN(c1ccc(-c2ccc(-c3cn[nH]c3)c3ncsc23)nn1)C1C2CNCC21. The number of rotatable bonds is 4. The molecular weight excluding hydrogens is 370 g/mol. The third-order valence-corrected chi connectivity index (χ3v) is 6.93. The van der Waals surface area contributed by atoms with Crippen molar-refractivity contribution in [3.63, 3.8) is 0 Å². The molecule has 1 saturated carbocycles. The lowest BCUT2D eigenvalue weighted by Gasteiger charge is -2.20. The van der Waals surface area contributed by atoms with Gasteiger partial charge in [0.25, 0.3) is 0 Å². The minimum absolute atomic E-state index is 0.601. The van der Waals surface area contributed by atoms with Gasteiger partial charge in [-0.15, -0.1) is 21.5 Å². The number of fused-ring (bicyclic) bond motifs is 2. The number of aromatic nitrogens is 5. The molecule has 0 radical (unpaired) electrons. The lowest BCUT2D eigenvalue weighted by atomic mass is 10.0. The molecule has 1 saturated heterocycles. The topological polar surface area (TPSA) is 82.6 Å². The molecule has 6 rings (SSSR count). The van der Waals surface area contributed by atoms with Crippen LogP contribution in [-0.4, -0.2) is 51.6 Å². The molecule has 0 spiro atoms. The molecule has 2 aliphatic rings. The van der Waals surface area contributed by atoms with Crippen LogP contribution < -0.4 is 10.2 Å². The van der Waals surface area contributed by atoms with E-state index >= 15 is 0 Å². The Bertz CT molecular complexity index is 1130. The minimum atomic E-state index is 0.601. The average molecular weight is 389 g/mol. The van der Waals surface area contributed by atoms with Crippen LogP contribution in [0.2, 0.25) is 0 Å². The van der Waals surface area contributed by atoms with Crippen LogP contribution in [0, 0.1) is 11.8 Å². The highest BCUT2D eigenvalue weighted by molar-refractivity contribution is 7.17. The molecule has 4 aromatic rings. The van der Waals surface area contributed by atoms with E-state index in [1.165, 1.54) is 0 Å². The second-order valence-electron chi connectivity index (χ2n) is 7.54. The Kier molecular flexibility index (Phi) is 3.51. The Morgan fingerprint density at radius 3 is 2.68 bits per heavy atom. The van der Waals surface area contributed by atoms with Gasteiger partial charge in [-0.05, 0) is 24.0 Å². The number of nitrogens with one attached hydrogen (secondary N) is 2. The fraction of sp³-hybridized carbons (Fsp3) is 0.300. The number of thiazole rings is 1. The van der Waals surface area contributed by atoms with Gasteiger partial charge in [0.15, 0.2) is 5.82 Å². The number of H-pyrrole nitrogens is 1. The van der Waals surface area contributed by atoms with E-state index in [0.717, 1.165) is 63.3 Å². The molecule has 3 aromatic heterocycles. The van der Waals surface area contributed by atoms with Gasteiger partial charge < -0.3 is 10.2 Å². The average Bonchev–Trinajstić information content (AvgIpc) is 3.28. The number of hydrogen-bond donors (Lipinski definition) is 2. The Morgan fingerprint density at radius 2 is 1.93 bits per heavy atom. The van der Waals surface area contributed by atoms with E-state index in [0.29, 0.717) is 6.04 Å². The first-order valence-corrected chi connectivity index (χ1v) is 10.3. The van der Waals surface area contributed by atoms with E-state index in [1.54, 1.807) is 11.3 Å². The zero-order chi connectivity index (χ0) is 18.7. The van der Waals surface area contributed by atoms with Gasteiger partial charge in [0.05, 0.1) is 27.6 Å². The van der Waals surface area contributed by atoms with Crippen LogP contribution in [-0.2, 0) is 0 Å². The lowest BCUT2D eigenvalue weighted by molar-refractivity contribution is 0.649. The fourth-order valence-electron chi connectivity index (χ4n) is 4.55. The van der Waals surface area contributed by atoms with E-state index in [2.05, 4.69) is 66.9 Å². The van der Waals surface area contributed by atoms with E-state index in [1.807, 2.05) is 17.9 Å². The van der Waals surface area contributed by atoms with Gasteiger partial charge in [-0.1, -0.05) is 12.1 Å². The fourth-order valence-corrected chi connectivity index (χ4v) is 5.39. The normalized spacial score (nSPS) is 23.1. The quantitative estimate of drug-likeness (QED) is 0.559. The summed E-state index contributed by atoms with van der Waals surface area (Å²) >= 11 is 1.63. The van der Waals surface area contributed by atoms with E-state index in [4.69, 9.17) is 0 Å². The molecule has 8 heteroatoms. The van der Waals surface area contributed by atoms with E-state index in [-0.39, 0.29) is 0 Å². The molecule has 1 aromatic carbocycles. The van der Waals surface area contributed by atoms with Gasteiger partial charge in [-0.25, -0.2) is 4.98 Å². The maximum Gasteiger partial charge on any atom is 0.151 e. The zero-order valence-corrected chi connectivity index (χ0v) is 16.1. The zero-order valence-electron chi connectivity index (χ0n) is 15.3. The Balaban J connectivity index is 1.33. The van der Waals surface area contributed by atoms with Crippen molar-refractivity contribution < 1.29 is 0 Å². The van der Waals surface area contributed by atoms with Crippen molar-refractivity contribution in [3.8, 4) is 22.4 Å². The van der Waals surface area contributed by atoms with Crippen molar-refractivity contribution in [2.24, 2.45) is 11.8 Å². The van der Waals surface area contributed by atoms with Gasteiger partial charge in [0.1, 0.15) is 0 Å². The van der Waals surface area contributed by atoms with E-state index < -0.39 is 0 Å². The van der Waals surface area contributed by atoms with Gasteiger partial charge in [-0.2, -0.15) is 5.10 Å². The predicted molar refractivity (Wildman–Crippen MR) is 110 cm³/mol. The summed E-state index contributed by atoms with van der Waals surface area (Å²) in [6.07, 6.45) is 3.71. The second kappa shape index (κ2) is 6.08. The van der Waals surface area contributed by atoms with Crippen LogP contribution >= 0.6 is 11.3 Å². The summed E-state index contributed by atoms with van der Waals surface area (Å²) in [5.74, 6) is 2.47. The predicted octanol–water partition coefficient (Wildman–Crippen LogP) is 2.80. The van der Waals surface area contributed by atoms with Crippen molar-refractivity contribution in [1.82, 2.24) is 30.7 Å². The number of anilines is 1. The Labute approximate surface area is 165 Å². The largest absolute Gasteiger partial charge is 0.355 e. The maximum absolute atomic E-state index is 4.59. The molecule has 0 bridgehead atoms. The van der Waals surface area contributed by atoms with Crippen molar-refractivity contribution in [3.05, 3.63) is 42.2 Å². The summed E-state index contributed by atoms with van der Waals surface area (Å²) in [6, 6.07) is 8.95. The molecule has 2 atom stereocenters.